The molecule has 0 spiro atoms. The van der Waals surface area contributed by atoms with Crippen LogP contribution in [0.1, 0.15) is 20.8 Å². The first kappa shape index (κ1) is 12.9. The SMILES string of the molecule is CCOC[C@H]1OCC(OC)C1OC(C)C. The van der Waals surface area contributed by atoms with E-state index >= 15 is 0 Å². The van der Waals surface area contributed by atoms with Gasteiger partial charge in [-0.05, 0) is 20.8 Å². The van der Waals surface area contributed by atoms with Crippen molar-refractivity contribution < 1.29 is 18.9 Å². The molecular formula is C11H22O4. The van der Waals surface area contributed by atoms with E-state index in [9.17, 15) is 0 Å². The van der Waals surface area contributed by atoms with E-state index < -0.39 is 0 Å². The fraction of sp³-hybridized carbons (Fsp3) is 1.00. The molecule has 0 N–H and O–H groups in total. The normalized spacial score (nSPS) is 31.4. The van der Waals surface area contributed by atoms with Crippen LogP contribution in [0.3, 0.4) is 0 Å². The van der Waals surface area contributed by atoms with Gasteiger partial charge in [0.2, 0.25) is 0 Å². The van der Waals surface area contributed by atoms with E-state index in [0.717, 1.165) is 0 Å². The van der Waals surface area contributed by atoms with Gasteiger partial charge in [-0.1, -0.05) is 0 Å². The third-order valence-corrected chi connectivity index (χ3v) is 2.43. The van der Waals surface area contributed by atoms with Crippen LogP contribution in [0.15, 0.2) is 0 Å². The molecule has 0 bridgehead atoms. The molecule has 0 aromatic heterocycles. The summed E-state index contributed by atoms with van der Waals surface area (Å²) in [5.41, 5.74) is 0. The number of hydrogen-bond donors (Lipinski definition) is 0. The molecule has 1 saturated heterocycles. The molecule has 3 atom stereocenters. The molecule has 1 aliphatic rings. The van der Waals surface area contributed by atoms with Gasteiger partial charge in [-0.3, -0.25) is 0 Å². The maximum absolute atomic E-state index is 5.79. The van der Waals surface area contributed by atoms with Gasteiger partial charge in [-0.15, -0.1) is 0 Å². The minimum absolute atomic E-state index is 0.00250. The van der Waals surface area contributed by atoms with Crippen molar-refractivity contribution in [2.75, 3.05) is 26.9 Å². The van der Waals surface area contributed by atoms with Crippen molar-refractivity contribution in [2.24, 2.45) is 0 Å². The summed E-state index contributed by atoms with van der Waals surface area (Å²) < 4.78 is 22.1. The van der Waals surface area contributed by atoms with Crippen LogP contribution in [0, 0.1) is 0 Å². The van der Waals surface area contributed by atoms with Crippen molar-refractivity contribution in [1.29, 1.82) is 0 Å². The number of methoxy groups -OCH3 is 1. The Balaban J connectivity index is 2.47. The van der Waals surface area contributed by atoms with Gasteiger partial charge in [0, 0.05) is 13.7 Å². The number of ether oxygens (including phenoxy) is 4. The monoisotopic (exact) mass is 218 g/mol. The van der Waals surface area contributed by atoms with Crippen molar-refractivity contribution in [1.82, 2.24) is 0 Å². The molecule has 4 heteroatoms. The van der Waals surface area contributed by atoms with E-state index in [2.05, 4.69) is 0 Å². The quantitative estimate of drug-likeness (QED) is 0.672. The molecule has 0 aliphatic carbocycles. The van der Waals surface area contributed by atoms with Crippen LogP contribution < -0.4 is 0 Å². The molecule has 0 amide bonds. The van der Waals surface area contributed by atoms with Crippen molar-refractivity contribution in [2.45, 2.75) is 45.2 Å². The molecule has 4 nitrogen and oxygen atoms in total. The van der Waals surface area contributed by atoms with E-state index in [-0.39, 0.29) is 24.4 Å². The fourth-order valence-electron chi connectivity index (χ4n) is 1.72. The standard InChI is InChI=1S/C11H22O4/c1-5-13-6-10-11(15-8(2)3)9(12-4)7-14-10/h8-11H,5-7H2,1-4H3/t9?,10-,11?/m1/s1. The Hall–Kier alpha value is -0.160. The minimum atomic E-state index is -0.0125. The fourth-order valence-corrected chi connectivity index (χ4v) is 1.72. The second kappa shape index (κ2) is 6.43. The van der Waals surface area contributed by atoms with Crippen molar-refractivity contribution in [3.63, 3.8) is 0 Å². The Morgan fingerprint density at radius 1 is 1.40 bits per heavy atom. The zero-order valence-corrected chi connectivity index (χ0v) is 10.1. The summed E-state index contributed by atoms with van der Waals surface area (Å²) in [6, 6.07) is 0. The molecule has 1 heterocycles. The molecule has 0 radical (unpaired) electrons. The van der Waals surface area contributed by atoms with Gasteiger partial charge in [-0.2, -0.15) is 0 Å². The third kappa shape index (κ3) is 3.72. The van der Waals surface area contributed by atoms with E-state index in [4.69, 9.17) is 18.9 Å². The number of hydrogen-bond acceptors (Lipinski definition) is 4. The summed E-state index contributed by atoms with van der Waals surface area (Å²) in [4.78, 5) is 0. The molecule has 1 aliphatic heterocycles. The first-order chi connectivity index (χ1) is 7.19. The molecule has 0 saturated carbocycles. The topological polar surface area (TPSA) is 36.9 Å². The Morgan fingerprint density at radius 3 is 2.67 bits per heavy atom. The van der Waals surface area contributed by atoms with Gasteiger partial charge >= 0.3 is 0 Å². The summed E-state index contributed by atoms with van der Waals surface area (Å²) in [5, 5.41) is 0. The van der Waals surface area contributed by atoms with Gasteiger partial charge in [0.25, 0.3) is 0 Å². The minimum Gasteiger partial charge on any atom is -0.379 e. The summed E-state index contributed by atoms with van der Waals surface area (Å²) in [6.07, 6.45) is 0.190. The molecule has 1 fully saturated rings. The Labute approximate surface area is 91.8 Å². The highest BCUT2D eigenvalue weighted by atomic mass is 16.6. The van der Waals surface area contributed by atoms with Gasteiger partial charge < -0.3 is 18.9 Å². The van der Waals surface area contributed by atoms with Crippen LogP contribution in [0.2, 0.25) is 0 Å². The Morgan fingerprint density at radius 2 is 2.13 bits per heavy atom. The average molecular weight is 218 g/mol. The molecular weight excluding hydrogens is 196 g/mol. The maximum Gasteiger partial charge on any atom is 0.115 e. The first-order valence-electron chi connectivity index (χ1n) is 5.56. The lowest BCUT2D eigenvalue weighted by Gasteiger charge is -2.24. The predicted molar refractivity (Wildman–Crippen MR) is 57.0 cm³/mol. The van der Waals surface area contributed by atoms with Gasteiger partial charge in [0.15, 0.2) is 0 Å². The molecule has 2 unspecified atom stereocenters. The van der Waals surface area contributed by atoms with Crippen LogP contribution >= 0.6 is 0 Å². The van der Waals surface area contributed by atoms with Crippen LogP contribution in [0.25, 0.3) is 0 Å². The summed E-state index contributed by atoms with van der Waals surface area (Å²) in [7, 11) is 1.69. The average Bonchev–Trinajstić information content (AvgIpc) is 2.57. The highest BCUT2D eigenvalue weighted by Crippen LogP contribution is 2.21. The largest absolute Gasteiger partial charge is 0.379 e. The van der Waals surface area contributed by atoms with Crippen LogP contribution in [-0.2, 0) is 18.9 Å². The summed E-state index contributed by atoms with van der Waals surface area (Å²) in [6.45, 7) is 7.87. The Bertz CT molecular complexity index is 172. The smallest absolute Gasteiger partial charge is 0.115 e. The van der Waals surface area contributed by atoms with E-state index in [0.29, 0.717) is 19.8 Å². The molecule has 90 valence electrons. The number of rotatable bonds is 6. The van der Waals surface area contributed by atoms with E-state index in [1.807, 2.05) is 20.8 Å². The predicted octanol–water partition coefficient (Wildman–Crippen LogP) is 1.23. The van der Waals surface area contributed by atoms with Gasteiger partial charge in [0.05, 0.1) is 19.3 Å². The molecule has 0 aromatic rings. The highest BCUT2D eigenvalue weighted by molar-refractivity contribution is 4.86. The Kier molecular flexibility index (Phi) is 5.53. The van der Waals surface area contributed by atoms with Crippen molar-refractivity contribution in [3.05, 3.63) is 0 Å². The van der Waals surface area contributed by atoms with Crippen molar-refractivity contribution in [3.8, 4) is 0 Å². The van der Waals surface area contributed by atoms with Gasteiger partial charge in [0.1, 0.15) is 18.3 Å². The third-order valence-electron chi connectivity index (χ3n) is 2.43. The lowest BCUT2D eigenvalue weighted by molar-refractivity contribution is -0.0912. The summed E-state index contributed by atoms with van der Waals surface area (Å²) >= 11 is 0. The van der Waals surface area contributed by atoms with Crippen LogP contribution in [0.5, 0.6) is 0 Å². The summed E-state index contributed by atoms with van der Waals surface area (Å²) in [5.74, 6) is 0. The second-order valence-electron chi connectivity index (χ2n) is 3.95. The lowest BCUT2D eigenvalue weighted by Crippen LogP contribution is -2.38. The van der Waals surface area contributed by atoms with Crippen LogP contribution in [0.4, 0.5) is 0 Å². The molecule has 15 heavy (non-hydrogen) atoms. The second-order valence-corrected chi connectivity index (χ2v) is 3.95. The van der Waals surface area contributed by atoms with Crippen molar-refractivity contribution >= 4 is 0 Å². The van der Waals surface area contributed by atoms with Gasteiger partial charge in [-0.25, -0.2) is 0 Å². The van der Waals surface area contributed by atoms with E-state index in [1.54, 1.807) is 7.11 Å². The first-order valence-corrected chi connectivity index (χ1v) is 5.56. The zero-order valence-electron chi connectivity index (χ0n) is 10.1. The van der Waals surface area contributed by atoms with E-state index in [1.165, 1.54) is 0 Å². The molecule has 1 rings (SSSR count). The lowest BCUT2D eigenvalue weighted by atomic mass is 10.1. The molecule has 0 aromatic carbocycles. The van der Waals surface area contributed by atoms with Crippen LogP contribution in [-0.4, -0.2) is 51.3 Å². The highest BCUT2D eigenvalue weighted by Gasteiger charge is 2.38. The maximum atomic E-state index is 5.79. The zero-order chi connectivity index (χ0) is 11.3.